The minimum Gasteiger partial charge on any atom is -0.469 e. The molecule has 0 fully saturated rings. The second-order valence-corrected chi connectivity index (χ2v) is 4.12. The van der Waals surface area contributed by atoms with Crippen LogP contribution in [0.2, 0.25) is 0 Å². The second-order valence-electron chi connectivity index (χ2n) is 3.73. The summed E-state index contributed by atoms with van der Waals surface area (Å²) >= 11 is 5.16. The van der Waals surface area contributed by atoms with Gasteiger partial charge in [0, 0.05) is 19.8 Å². The molecule has 0 atom stereocenters. The first kappa shape index (κ1) is 13.4. The van der Waals surface area contributed by atoms with E-state index in [-0.39, 0.29) is 12.4 Å². The number of methoxy groups -OCH3 is 1. The van der Waals surface area contributed by atoms with Crippen LogP contribution in [-0.4, -0.2) is 37.2 Å². The molecular formula is C12H16N2O2S. The van der Waals surface area contributed by atoms with Gasteiger partial charge in [0.1, 0.15) is 0 Å². The number of rotatable bonds is 3. The van der Waals surface area contributed by atoms with Gasteiger partial charge in [-0.25, -0.2) is 0 Å². The SMILES string of the molecule is COC(=O)Cc1ccccc1NC(=S)N(C)C. The summed E-state index contributed by atoms with van der Waals surface area (Å²) in [6, 6.07) is 7.52. The summed E-state index contributed by atoms with van der Waals surface area (Å²) in [7, 11) is 5.10. The van der Waals surface area contributed by atoms with Gasteiger partial charge in [-0.05, 0) is 23.8 Å². The van der Waals surface area contributed by atoms with E-state index in [9.17, 15) is 4.79 Å². The zero-order valence-electron chi connectivity index (χ0n) is 10.2. The third-order valence-electron chi connectivity index (χ3n) is 2.23. The van der Waals surface area contributed by atoms with Gasteiger partial charge in [-0.15, -0.1) is 0 Å². The van der Waals surface area contributed by atoms with Gasteiger partial charge in [0.25, 0.3) is 0 Å². The van der Waals surface area contributed by atoms with Crippen LogP contribution in [0.4, 0.5) is 5.69 Å². The van der Waals surface area contributed by atoms with Crippen molar-refractivity contribution in [2.45, 2.75) is 6.42 Å². The minimum absolute atomic E-state index is 0.232. The molecule has 1 N–H and O–H groups in total. The summed E-state index contributed by atoms with van der Waals surface area (Å²) in [6.07, 6.45) is 0.232. The molecule has 0 amide bonds. The maximum absolute atomic E-state index is 11.3. The normalized spacial score (nSPS) is 9.59. The van der Waals surface area contributed by atoms with Crippen molar-refractivity contribution in [1.29, 1.82) is 0 Å². The predicted molar refractivity (Wildman–Crippen MR) is 72.1 cm³/mol. The van der Waals surface area contributed by atoms with Gasteiger partial charge < -0.3 is 15.0 Å². The Labute approximate surface area is 107 Å². The highest BCUT2D eigenvalue weighted by molar-refractivity contribution is 7.80. The molecule has 0 aliphatic carbocycles. The summed E-state index contributed by atoms with van der Waals surface area (Å²) in [4.78, 5) is 13.1. The zero-order chi connectivity index (χ0) is 12.8. The van der Waals surface area contributed by atoms with Crippen molar-refractivity contribution >= 4 is 29.0 Å². The first-order chi connectivity index (χ1) is 8.04. The number of hydrogen-bond acceptors (Lipinski definition) is 3. The van der Waals surface area contributed by atoms with E-state index in [1.165, 1.54) is 7.11 Å². The van der Waals surface area contributed by atoms with Crippen molar-refractivity contribution in [3.05, 3.63) is 29.8 Å². The zero-order valence-corrected chi connectivity index (χ0v) is 11.0. The van der Waals surface area contributed by atoms with E-state index in [0.717, 1.165) is 11.3 Å². The summed E-state index contributed by atoms with van der Waals surface area (Å²) < 4.78 is 4.65. The van der Waals surface area contributed by atoms with Crippen LogP contribution in [0.25, 0.3) is 0 Å². The maximum atomic E-state index is 11.3. The van der Waals surface area contributed by atoms with E-state index >= 15 is 0 Å². The number of para-hydroxylation sites is 1. The smallest absolute Gasteiger partial charge is 0.310 e. The molecule has 1 rings (SSSR count). The number of carbonyl (C=O) groups excluding carboxylic acids is 1. The third-order valence-corrected chi connectivity index (χ3v) is 2.69. The van der Waals surface area contributed by atoms with Crippen LogP contribution in [0, 0.1) is 0 Å². The average molecular weight is 252 g/mol. The Kier molecular flexibility index (Phi) is 4.90. The highest BCUT2D eigenvalue weighted by Gasteiger charge is 2.09. The Morgan fingerprint density at radius 1 is 1.41 bits per heavy atom. The molecule has 0 aliphatic heterocycles. The predicted octanol–water partition coefficient (Wildman–Crippen LogP) is 1.66. The van der Waals surface area contributed by atoms with Crippen LogP contribution < -0.4 is 5.32 Å². The van der Waals surface area contributed by atoms with Crippen LogP contribution in [0.1, 0.15) is 5.56 Å². The van der Waals surface area contributed by atoms with Gasteiger partial charge in [0.15, 0.2) is 5.11 Å². The number of esters is 1. The van der Waals surface area contributed by atoms with Crippen molar-refractivity contribution in [1.82, 2.24) is 4.90 Å². The second kappa shape index (κ2) is 6.20. The lowest BCUT2D eigenvalue weighted by molar-refractivity contribution is -0.139. The lowest BCUT2D eigenvalue weighted by Gasteiger charge is -2.17. The van der Waals surface area contributed by atoms with Gasteiger partial charge in [-0.1, -0.05) is 18.2 Å². The van der Waals surface area contributed by atoms with Crippen LogP contribution in [0.15, 0.2) is 24.3 Å². The number of carbonyl (C=O) groups is 1. The van der Waals surface area contributed by atoms with Crippen molar-refractivity contribution in [3.63, 3.8) is 0 Å². The molecule has 0 radical (unpaired) electrons. The molecule has 92 valence electrons. The Balaban J connectivity index is 2.84. The fraction of sp³-hybridized carbons (Fsp3) is 0.333. The Bertz CT molecular complexity index is 419. The number of nitrogens with one attached hydrogen (secondary N) is 1. The first-order valence-electron chi connectivity index (χ1n) is 5.17. The topological polar surface area (TPSA) is 41.6 Å². The Morgan fingerprint density at radius 2 is 2.06 bits per heavy atom. The van der Waals surface area contributed by atoms with Gasteiger partial charge >= 0.3 is 5.97 Å². The molecule has 0 heterocycles. The molecule has 17 heavy (non-hydrogen) atoms. The molecule has 1 aromatic carbocycles. The van der Waals surface area contributed by atoms with Gasteiger partial charge in [0.2, 0.25) is 0 Å². The van der Waals surface area contributed by atoms with Crippen molar-refractivity contribution < 1.29 is 9.53 Å². The molecule has 0 saturated heterocycles. The molecular weight excluding hydrogens is 236 g/mol. The molecule has 0 aromatic heterocycles. The van der Waals surface area contributed by atoms with E-state index in [1.807, 2.05) is 38.4 Å². The summed E-state index contributed by atoms with van der Waals surface area (Å²) in [6.45, 7) is 0. The quantitative estimate of drug-likeness (QED) is 0.654. The monoisotopic (exact) mass is 252 g/mol. The molecule has 0 aliphatic rings. The lowest BCUT2D eigenvalue weighted by atomic mass is 10.1. The number of anilines is 1. The summed E-state index contributed by atoms with van der Waals surface area (Å²) in [5.41, 5.74) is 1.69. The molecule has 0 bridgehead atoms. The average Bonchev–Trinajstić information content (AvgIpc) is 2.31. The fourth-order valence-electron chi connectivity index (χ4n) is 1.25. The Hall–Kier alpha value is -1.62. The van der Waals surface area contributed by atoms with E-state index < -0.39 is 0 Å². The standard InChI is InChI=1S/C12H16N2O2S/c1-14(2)12(17)13-10-7-5-4-6-9(10)8-11(15)16-3/h4-7H,8H2,1-3H3,(H,13,17). The van der Waals surface area contributed by atoms with E-state index in [4.69, 9.17) is 12.2 Å². The van der Waals surface area contributed by atoms with E-state index in [0.29, 0.717) is 5.11 Å². The number of thiocarbonyl (C=S) groups is 1. The Morgan fingerprint density at radius 3 is 2.65 bits per heavy atom. The summed E-state index contributed by atoms with van der Waals surface area (Å²) in [5.74, 6) is -0.268. The molecule has 1 aromatic rings. The van der Waals surface area contributed by atoms with E-state index in [1.54, 1.807) is 4.90 Å². The highest BCUT2D eigenvalue weighted by atomic mass is 32.1. The van der Waals surface area contributed by atoms with Gasteiger partial charge in [-0.2, -0.15) is 0 Å². The minimum atomic E-state index is -0.268. The maximum Gasteiger partial charge on any atom is 0.310 e. The van der Waals surface area contributed by atoms with Crippen LogP contribution in [0.5, 0.6) is 0 Å². The number of nitrogens with zero attached hydrogens (tertiary/aromatic N) is 1. The van der Waals surface area contributed by atoms with Crippen LogP contribution in [0.3, 0.4) is 0 Å². The van der Waals surface area contributed by atoms with Crippen molar-refractivity contribution in [3.8, 4) is 0 Å². The third kappa shape index (κ3) is 4.03. The molecule has 4 nitrogen and oxygen atoms in total. The van der Waals surface area contributed by atoms with Gasteiger partial charge in [-0.3, -0.25) is 4.79 Å². The fourth-order valence-corrected chi connectivity index (χ4v) is 1.36. The summed E-state index contributed by atoms with van der Waals surface area (Å²) in [5, 5.41) is 3.69. The highest BCUT2D eigenvalue weighted by Crippen LogP contribution is 2.16. The van der Waals surface area contributed by atoms with Crippen LogP contribution >= 0.6 is 12.2 Å². The molecule has 0 unspecified atom stereocenters. The van der Waals surface area contributed by atoms with Crippen LogP contribution in [-0.2, 0) is 16.0 Å². The first-order valence-corrected chi connectivity index (χ1v) is 5.58. The molecule has 0 saturated carbocycles. The molecule has 5 heteroatoms. The van der Waals surface area contributed by atoms with E-state index in [2.05, 4.69) is 10.1 Å². The number of benzene rings is 1. The largest absolute Gasteiger partial charge is 0.469 e. The van der Waals surface area contributed by atoms with Crippen molar-refractivity contribution in [2.75, 3.05) is 26.5 Å². The van der Waals surface area contributed by atoms with Crippen molar-refractivity contribution in [2.24, 2.45) is 0 Å². The lowest BCUT2D eigenvalue weighted by Crippen LogP contribution is -2.27. The number of ether oxygens (including phenoxy) is 1. The van der Waals surface area contributed by atoms with Gasteiger partial charge in [0.05, 0.1) is 13.5 Å². The molecule has 0 spiro atoms. The number of hydrogen-bond donors (Lipinski definition) is 1.